The number of rotatable bonds is 4. The summed E-state index contributed by atoms with van der Waals surface area (Å²) in [4.78, 5) is 0. The van der Waals surface area contributed by atoms with E-state index in [-0.39, 0.29) is 0 Å². The molecule has 0 heterocycles. The molecule has 0 radical (unpaired) electrons. The van der Waals surface area contributed by atoms with Crippen molar-refractivity contribution in [3.63, 3.8) is 0 Å². The van der Waals surface area contributed by atoms with Crippen molar-refractivity contribution < 1.29 is 4.74 Å². The minimum absolute atomic E-state index is 0.649. The fraction of sp³-hybridized carbons (Fsp3) is 0.200. The molecule has 0 spiro atoms. The molecule has 0 saturated carbocycles. The quantitative estimate of drug-likeness (QED) is 0.586. The predicted octanol–water partition coefficient (Wildman–Crippen LogP) is 6.24. The molecule has 0 aromatic heterocycles. The highest BCUT2D eigenvalue weighted by molar-refractivity contribution is 9.08. The minimum Gasteiger partial charge on any atom is -0.457 e. The number of alkyl halides is 1. The highest BCUT2D eigenvalue weighted by Gasteiger charge is 2.09. The Morgan fingerprint density at radius 3 is 2.58 bits per heavy atom. The lowest BCUT2D eigenvalue weighted by Gasteiger charge is -2.12. The first-order chi connectivity index (χ1) is 9.15. The lowest BCUT2D eigenvalue weighted by molar-refractivity contribution is 0.478. The molecule has 2 rings (SSSR count). The van der Waals surface area contributed by atoms with Crippen molar-refractivity contribution in [2.75, 3.05) is 0 Å². The van der Waals surface area contributed by atoms with Crippen LogP contribution in [0.3, 0.4) is 0 Å². The lowest BCUT2D eigenvalue weighted by atomic mass is 10.1. The van der Waals surface area contributed by atoms with Crippen LogP contribution < -0.4 is 4.74 Å². The Labute approximate surface area is 131 Å². The molecular formula is C15H13BrCl2O. The Hall–Kier alpha value is -0.700. The molecule has 0 aliphatic carbocycles. The van der Waals surface area contributed by atoms with Gasteiger partial charge in [0, 0.05) is 20.9 Å². The van der Waals surface area contributed by atoms with E-state index in [0.717, 1.165) is 34.1 Å². The van der Waals surface area contributed by atoms with Gasteiger partial charge in [0.15, 0.2) is 0 Å². The van der Waals surface area contributed by atoms with Gasteiger partial charge in [-0.05, 0) is 42.3 Å². The van der Waals surface area contributed by atoms with E-state index in [2.05, 4.69) is 22.9 Å². The van der Waals surface area contributed by atoms with Gasteiger partial charge < -0.3 is 4.74 Å². The SMILES string of the molecule is CCc1cc(Oc2cccc(Cl)c2CBr)ccc1Cl. The summed E-state index contributed by atoms with van der Waals surface area (Å²) in [6.45, 7) is 2.06. The number of ether oxygens (including phenoxy) is 1. The first kappa shape index (κ1) is 14.7. The summed E-state index contributed by atoms with van der Waals surface area (Å²) in [7, 11) is 0. The zero-order valence-electron chi connectivity index (χ0n) is 10.4. The molecule has 0 saturated heterocycles. The van der Waals surface area contributed by atoms with E-state index in [4.69, 9.17) is 27.9 Å². The van der Waals surface area contributed by atoms with E-state index in [9.17, 15) is 0 Å². The maximum absolute atomic E-state index is 6.15. The number of hydrogen-bond acceptors (Lipinski definition) is 1. The van der Waals surface area contributed by atoms with Gasteiger partial charge in [-0.2, -0.15) is 0 Å². The number of hydrogen-bond donors (Lipinski definition) is 0. The van der Waals surface area contributed by atoms with Crippen LogP contribution in [0.2, 0.25) is 10.0 Å². The van der Waals surface area contributed by atoms with Crippen LogP contribution >= 0.6 is 39.1 Å². The predicted molar refractivity (Wildman–Crippen MR) is 85.0 cm³/mol. The normalized spacial score (nSPS) is 10.5. The van der Waals surface area contributed by atoms with E-state index in [0.29, 0.717) is 10.4 Å². The van der Waals surface area contributed by atoms with E-state index in [1.54, 1.807) is 0 Å². The van der Waals surface area contributed by atoms with Crippen LogP contribution in [-0.2, 0) is 11.8 Å². The van der Waals surface area contributed by atoms with Crippen LogP contribution in [0.4, 0.5) is 0 Å². The molecule has 19 heavy (non-hydrogen) atoms. The molecule has 100 valence electrons. The van der Waals surface area contributed by atoms with Crippen LogP contribution in [-0.4, -0.2) is 0 Å². The largest absolute Gasteiger partial charge is 0.457 e. The third-order valence-electron chi connectivity index (χ3n) is 2.84. The van der Waals surface area contributed by atoms with Crippen LogP contribution in [0, 0.1) is 0 Å². The highest BCUT2D eigenvalue weighted by Crippen LogP contribution is 2.33. The average Bonchev–Trinajstić information content (AvgIpc) is 2.41. The first-order valence-electron chi connectivity index (χ1n) is 5.95. The average molecular weight is 360 g/mol. The van der Waals surface area contributed by atoms with Crippen LogP contribution in [0.1, 0.15) is 18.1 Å². The molecule has 0 fully saturated rings. The summed E-state index contributed by atoms with van der Waals surface area (Å²) >= 11 is 15.7. The first-order valence-corrected chi connectivity index (χ1v) is 7.83. The van der Waals surface area contributed by atoms with Gasteiger partial charge in [-0.1, -0.05) is 52.1 Å². The second kappa shape index (κ2) is 6.65. The smallest absolute Gasteiger partial charge is 0.132 e. The van der Waals surface area contributed by atoms with Gasteiger partial charge in [-0.25, -0.2) is 0 Å². The van der Waals surface area contributed by atoms with Gasteiger partial charge in [-0.15, -0.1) is 0 Å². The van der Waals surface area contributed by atoms with Gasteiger partial charge in [0.2, 0.25) is 0 Å². The van der Waals surface area contributed by atoms with Gasteiger partial charge >= 0.3 is 0 Å². The van der Waals surface area contributed by atoms with Gasteiger partial charge in [0.25, 0.3) is 0 Å². The van der Waals surface area contributed by atoms with Crippen molar-refractivity contribution in [3.05, 3.63) is 57.6 Å². The molecule has 0 aliphatic rings. The molecule has 0 N–H and O–H groups in total. The fourth-order valence-corrected chi connectivity index (χ4v) is 3.00. The zero-order chi connectivity index (χ0) is 13.8. The van der Waals surface area contributed by atoms with Crippen molar-refractivity contribution in [1.29, 1.82) is 0 Å². The van der Waals surface area contributed by atoms with E-state index < -0.39 is 0 Å². The Balaban J connectivity index is 2.33. The fourth-order valence-electron chi connectivity index (χ4n) is 1.78. The Bertz CT molecular complexity index is 584. The van der Waals surface area contributed by atoms with E-state index in [1.165, 1.54) is 0 Å². The van der Waals surface area contributed by atoms with Gasteiger partial charge in [-0.3, -0.25) is 0 Å². The Morgan fingerprint density at radius 1 is 1.11 bits per heavy atom. The van der Waals surface area contributed by atoms with Crippen molar-refractivity contribution in [2.24, 2.45) is 0 Å². The molecule has 0 unspecified atom stereocenters. The zero-order valence-corrected chi connectivity index (χ0v) is 13.5. The molecule has 0 amide bonds. The molecular weight excluding hydrogens is 347 g/mol. The third kappa shape index (κ3) is 3.44. The standard InChI is InChI=1S/C15H13BrCl2O/c1-2-10-8-11(6-7-13(10)17)19-15-5-3-4-14(18)12(15)9-16/h3-8H,2,9H2,1H3. The second-order valence-corrected chi connectivity index (χ2v) is 5.43. The Morgan fingerprint density at radius 2 is 1.89 bits per heavy atom. The van der Waals surface area contributed by atoms with Crippen molar-refractivity contribution >= 4 is 39.1 Å². The van der Waals surface area contributed by atoms with Crippen LogP contribution in [0.25, 0.3) is 0 Å². The summed E-state index contributed by atoms with van der Waals surface area (Å²) < 4.78 is 5.91. The monoisotopic (exact) mass is 358 g/mol. The van der Waals surface area contributed by atoms with Crippen molar-refractivity contribution in [2.45, 2.75) is 18.7 Å². The minimum atomic E-state index is 0.649. The summed E-state index contributed by atoms with van der Waals surface area (Å²) in [6, 6.07) is 11.3. The highest BCUT2D eigenvalue weighted by atomic mass is 79.9. The Kier molecular flexibility index (Phi) is 5.14. The van der Waals surface area contributed by atoms with E-state index >= 15 is 0 Å². The number of aryl methyl sites for hydroxylation is 1. The number of benzene rings is 2. The molecule has 2 aromatic rings. The summed E-state index contributed by atoms with van der Waals surface area (Å²) in [6.07, 6.45) is 0.872. The molecule has 2 aromatic carbocycles. The summed E-state index contributed by atoms with van der Waals surface area (Å²) in [5.41, 5.74) is 2.01. The van der Waals surface area contributed by atoms with Crippen LogP contribution in [0.5, 0.6) is 11.5 Å². The second-order valence-electron chi connectivity index (χ2n) is 4.06. The molecule has 4 heteroatoms. The van der Waals surface area contributed by atoms with Crippen LogP contribution in [0.15, 0.2) is 36.4 Å². The molecule has 0 aliphatic heterocycles. The topological polar surface area (TPSA) is 9.23 Å². The van der Waals surface area contributed by atoms with E-state index in [1.807, 2.05) is 36.4 Å². The third-order valence-corrected chi connectivity index (χ3v) is 4.12. The molecule has 0 atom stereocenters. The molecule has 1 nitrogen and oxygen atoms in total. The maximum Gasteiger partial charge on any atom is 0.132 e. The maximum atomic E-state index is 6.15. The lowest BCUT2D eigenvalue weighted by Crippen LogP contribution is -1.92. The van der Waals surface area contributed by atoms with Gasteiger partial charge in [0.05, 0.1) is 0 Å². The summed E-state index contributed by atoms with van der Waals surface area (Å²) in [5.74, 6) is 1.53. The molecule has 0 bridgehead atoms. The van der Waals surface area contributed by atoms with Crippen molar-refractivity contribution in [3.8, 4) is 11.5 Å². The van der Waals surface area contributed by atoms with Gasteiger partial charge in [0.1, 0.15) is 11.5 Å². The van der Waals surface area contributed by atoms with Crippen molar-refractivity contribution in [1.82, 2.24) is 0 Å². The number of halogens is 3. The summed E-state index contributed by atoms with van der Waals surface area (Å²) in [5, 5.41) is 2.11.